The Morgan fingerprint density at radius 2 is 1.85 bits per heavy atom. The third-order valence-electron chi connectivity index (χ3n) is 6.89. The highest BCUT2D eigenvalue weighted by atomic mass is 35.5. The van der Waals surface area contributed by atoms with Gasteiger partial charge in [0.15, 0.2) is 11.0 Å². The number of pyridine rings is 2. The third kappa shape index (κ3) is 4.03. The summed E-state index contributed by atoms with van der Waals surface area (Å²) in [5, 5.41) is 10.5. The van der Waals surface area contributed by atoms with Crippen molar-refractivity contribution in [1.82, 2.24) is 19.9 Å². The molecule has 9 heteroatoms. The highest BCUT2D eigenvalue weighted by Crippen LogP contribution is 2.45. The normalized spacial score (nSPS) is 16.9. The number of fused-ring (bicyclic) bond motifs is 1. The van der Waals surface area contributed by atoms with Gasteiger partial charge in [-0.15, -0.1) is 0 Å². The lowest BCUT2D eigenvalue weighted by molar-refractivity contribution is 0.230. The molecule has 3 N–H and O–H groups in total. The minimum Gasteiger partial charge on any atom is -0.390 e. The number of nitrogens with two attached hydrogens (primary N) is 1. The van der Waals surface area contributed by atoms with E-state index in [1.807, 2.05) is 13.1 Å². The van der Waals surface area contributed by atoms with Gasteiger partial charge in [0.2, 0.25) is 0 Å². The van der Waals surface area contributed by atoms with Gasteiger partial charge in [0, 0.05) is 30.5 Å². The van der Waals surface area contributed by atoms with E-state index >= 15 is 0 Å². The molecular formula is C24H26Cl2N6O. The molecule has 0 bridgehead atoms. The van der Waals surface area contributed by atoms with Crippen LogP contribution in [0.1, 0.15) is 41.1 Å². The van der Waals surface area contributed by atoms with Gasteiger partial charge in [-0.2, -0.15) is 0 Å². The zero-order valence-corrected chi connectivity index (χ0v) is 20.2. The number of hydrogen-bond donors (Lipinski definition) is 2. The number of hydrogen-bond acceptors (Lipinski definition) is 7. The van der Waals surface area contributed by atoms with Crippen molar-refractivity contribution in [3.63, 3.8) is 0 Å². The fourth-order valence-electron chi connectivity index (χ4n) is 5.18. The fraction of sp³-hybridized carbons (Fsp3) is 0.417. The van der Waals surface area contributed by atoms with Crippen LogP contribution in [0.5, 0.6) is 0 Å². The van der Waals surface area contributed by atoms with E-state index in [0.29, 0.717) is 22.6 Å². The quantitative estimate of drug-likeness (QED) is 0.533. The van der Waals surface area contributed by atoms with Crippen molar-refractivity contribution in [2.24, 2.45) is 5.41 Å². The Labute approximate surface area is 203 Å². The van der Waals surface area contributed by atoms with Gasteiger partial charge in [0.05, 0.1) is 23.0 Å². The summed E-state index contributed by atoms with van der Waals surface area (Å²) in [6, 6.07) is 3.91. The van der Waals surface area contributed by atoms with Gasteiger partial charge in [-0.3, -0.25) is 4.98 Å². The van der Waals surface area contributed by atoms with Crippen molar-refractivity contribution in [3.05, 3.63) is 56.7 Å². The summed E-state index contributed by atoms with van der Waals surface area (Å²) >= 11 is 12.5. The highest BCUT2D eigenvalue weighted by Gasteiger charge is 2.41. The lowest BCUT2D eigenvalue weighted by Gasteiger charge is -2.40. The van der Waals surface area contributed by atoms with Crippen molar-refractivity contribution < 1.29 is 5.11 Å². The van der Waals surface area contributed by atoms with Gasteiger partial charge in [-0.25, -0.2) is 15.0 Å². The van der Waals surface area contributed by atoms with Crippen molar-refractivity contribution in [2.45, 2.75) is 46.1 Å². The van der Waals surface area contributed by atoms with Crippen LogP contribution in [-0.2, 0) is 19.4 Å². The summed E-state index contributed by atoms with van der Waals surface area (Å²) in [5.74, 6) is 0.973. The number of rotatable bonds is 3. The van der Waals surface area contributed by atoms with Crippen LogP contribution in [-0.4, -0.2) is 38.1 Å². The molecule has 33 heavy (non-hydrogen) atoms. The zero-order chi connectivity index (χ0) is 23.3. The standard InChI is InChI=1S/C24H26Cl2N6O/c1-13-7-15-9-24(10-17(15)28-11-13)3-5-32(6-4-24)23-18(12-33)30-21(14(2)29-23)16-8-19(27)31-22(26)20(16)25/h7-8,11,33H,3-6,9-10,12H2,1-2H3,(H2,27,31). The molecule has 1 aliphatic heterocycles. The molecule has 0 aromatic carbocycles. The molecule has 172 valence electrons. The molecule has 0 radical (unpaired) electrons. The van der Waals surface area contributed by atoms with Crippen LogP contribution in [0.2, 0.25) is 10.2 Å². The average molecular weight is 485 g/mol. The third-order valence-corrected chi connectivity index (χ3v) is 7.64. The molecule has 2 aliphatic rings. The Hall–Kier alpha value is -2.48. The number of anilines is 2. The van der Waals surface area contributed by atoms with Crippen LogP contribution in [0.15, 0.2) is 18.3 Å². The van der Waals surface area contributed by atoms with E-state index in [-0.39, 0.29) is 28.0 Å². The summed E-state index contributed by atoms with van der Waals surface area (Å²) in [6.07, 6.45) is 6.20. The van der Waals surface area contributed by atoms with Gasteiger partial charge >= 0.3 is 0 Å². The number of aliphatic hydroxyl groups is 1. The van der Waals surface area contributed by atoms with Crippen LogP contribution in [0.4, 0.5) is 11.6 Å². The maximum atomic E-state index is 10.1. The number of nitrogen functional groups attached to an aromatic ring is 1. The topological polar surface area (TPSA) is 101 Å². The van der Waals surface area contributed by atoms with Gasteiger partial charge in [-0.05, 0) is 62.1 Å². The summed E-state index contributed by atoms with van der Waals surface area (Å²) in [6.45, 7) is 5.48. The number of aryl methyl sites for hydroxylation is 2. The average Bonchev–Trinajstić information content (AvgIpc) is 3.13. The van der Waals surface area contributed by atoms with E-state index in [0.717, 1.165) is 44.6 Å². The van der Waals surface area contributed by atoms with Crippen LogP contribution >= 0.6 is 23.2 Å². The monoisotopic (exact) mass is 484 g/mol. The maximum absolute atomic E-state index is 10.1. The largest absolute Gasteiger partial charge is 0.390 e. The first-order valence-corrected chi connectivity index (χ1v) is 11.8. The molecule has 4 heterocycles. The predicted molar refractivity (Wildman–Crippen MR) is 131 cm³/mol. The van der Waals surface area contributed by atoms with Gasteiger partial charge in [-0.1, -0.05) is 29.3 Å². The van der Waals surface area contributed by atoms with Gasteiger partial charge in [0.25, 0.3) is 0 Å². The molecule has 5 rings (SSSR count). The second-order valence-electron chi connectivity index (χ2n) is 9.24. The Bertz CT molecular complexity index is 1240. The number of aliphatic hydroxyl groups excluding tert-OH is 1. The predicted octanol–water partition coefficient (Wildman–Crippen LogP) is 4.32. The van der Waals surface area contributed by atoms with Crippen molar-refractivity contribution in [3.8, 4) is 11.3 Å². The number of piperidine rings is 1. The zero-order valence-electron chi connectivity index (χ0n) is 18.7. The fourth-order valence-corrected chi connectivity index (χ4v) is 5.57. The molecule has 1 fully saturated rings. The second-order valence-corrected chi connectivity index (χ2v) is 9.98. The lowest BCUT2D eigenvalue weighted by atomic mass is 9.76. The summed E-state index contributed by atoms with van der Waals surface area (Å²) in [7, 11) is 0. The van der Waals surface area contributed by atoms with Gasteiger partial charge in [0.1, 0.15) is 11.5 Å². The second kappa shape index (κ2) is 8.38. The van der Waals surface area contributed by atoms with E-state index in [1.54, 1.807) is 6.07 Å². The van der Waals surface area contributed by atoms with Gasteiger partial charge < -0.3 is 15.7 Å². The lowest BCUT2D eigenvalue weighted by Crippen LogP contribution is -2.41. The van der Waals surface area contributed by atoms with Crippen molar-refractivity contribution in [1.29, 1.82) is 0 Å². The first kappa shape index (κ1) is 22.3. The molecule has 0 saturated carbocycles. The van der Waals surface area contributed by atoms with Crippen molar-refractivity contribution >= 4 is 34.8 Å². The molecule has 0 unspecified atom stereocenters. The number of halogens is 2. The Morgan fingerprint density at radius 1 is 1.09 bits per heavy atom. The smallest absolute Gasteiger partial charge is 0.153 e. The summed E-state index contributed by atoms with van der Waals surface area (Å²) < 4.78 is 0. The molecule has 3 aromatic heterocycles. The minimum atomic E-state index is -0.224. The molecule has 1 aliphatic carbocycles. The highest BCUT2D eigenvalue weighted by molar-refractivity contribution is 6.43. The Balaban J connectivity index is 1.41. The molecule has 3 aromatic rings. The Morgan fingerprint density at radius 3 is 2.58 bits per heavy atom. The summed E-state index contributed by atoms with van der Waals surface area (Å²) in [4.78, 5) is 20.5. The van der Waals surface area contributed by atoms with E-state index in [9.17, 15) is 5.11 Å². The Kier molecular flexibility index (Phi) is 5.67. The molecule has 0 atom stereocenters. The van der Waals surface area contributed by atoms with E-state index in [1.165, 1.54) is 16.8 Å². The van der Waals surface area contributed by atoms with E-state index in [2.05, 4.69) is 27.9 Å². The first-order chi connectivity index (χ1) is 15.8. The van der Waals surface area contributed by atoms with Crippen LogP contribution in [0, 0.1) is 19.3 Å². The van der Waals surface area contributed by atoms with Crippen molar-refractivity contribution in [2.75, 3.05) is 23.7 Å². The van der Waals surface area contributed by atoms with E-state index < -0.39 is 0 Å². The number of nitrogens with zero attached hydrogens (tertiary/aromatic N) is 5. The maximum Gasteiger partial charge on any atom is 0.153 e. The van der Waals surface area contributed by atoms with Crippen LogP contribution < -0.4 is 10.6 Å². The molecular weight excluding hydrogens is 459 g/mol. The minimum absolute atomic E-state index is 0.117. The molecule has 1 spiro atoms. The SMILES string of the molecule is Cc1cnc2c(c1)CC1(CCN(c3nc(C)c(-c4cc(N)nc(Cl)c4Cl)nc3CO)CC1)C2. The summed E-state index contributed by atoms with van der Waals surface area (Å²) in [5.41, 5.74) is 12.3. The van der Waals surface area contributed by atoms with E-state index in [4.69, 9.17) is 38.9 Å². The number of aromatic nitrogens is 4. The van der Waals surface area contributed by atoms with Crippen LogP contribution in [0.3, 0.4) is 0 Å². The molecule has 7 nitrogen and oxygen atoms in total. The molecule has 1 saturated heterocycles. The first-order valence-electron chi connectivity index (χ1n) is 11.1. The molecule has 0 amide bonds. The van der Waals surface area contributed by atoms with Crippen LogP contribution in [0.25, 0.3) is 11.3 Å².